The van der Waals surface area contributed by atoms with Crippen LogP contribution in [0.5, 0.6) is 5.75 Å². The van der Waals surface area contributed by atoms with Crippen molar-refractivity contribution in [2.45, 2.75) is 50.2 Å². The van der Waals surface area contributed by atoms with E-state index in [0.717, 1.165) is 35.7 Å². The smallest absolute Gasteiger partial charge is 0.271 e. The topological polar surface area (TPSA) is 63.2 Å². The standard InChI is InChI=1S/C19H23N3O2S/c1-20-18-22-15(12-25-18)17(23)21-14-11-19(9-5-2-6-10-19)24-16-8-4-3-7-13(14)16/h3-4,7-8,12,14H,2,5-6,9-11H2,1H3,(H,20,22)(H,21,23). The van der Waals surface area contributed by atoms with Crippen molar-refractivity contribution >= 4 is 22.4 Å². The summed E-state index contributed by atoms with van der Waals surface area (Å²) in [6, 6.07) is 8.04. The highest BCUT2D eigenvalue weighted by atomic mass is 32.1. The first-order valence-electron chi connectivity index (χ1n) is 8.91. The summed E-state index contributed by atoms with van der Waals surface area (Å²) in [6.07, 6.45) is 6.62. The quantitative estimate of drug-likeness (QED) is 0.866. The van der Waals surface area contributed by atoms with E-state index in [2.05, 4.69) is 21.7 Å². The zero-order valence-corrected chi connectivity index (χ0v) is 15.2. The Morgan fingerprint density at radius 3 is 2.84 bits per heavy atom. The normalized spacial score (nSPS) is 21.2. The first-order chi connectivity index (χ1) is 12.2. The van der Waals surface area contributed by atoms with Gasteiger partial charge in [0.05, 0.1) is 6.04 Å². The molecule has 132 valence electrons. The molecule has 2 heterocycles. The second-order valence-corrected chi connectivity index (χ2v) is 7.76. The summed E-state index contributed by atoms with van der Waals surface area (Å²) in [6.45, 7) is 0. The maximum absolute atomic E-state index is 12.7. The van der Waals surface area contributed by atoms with Gasteiger partial charge in [0, 0.05) is 24.4 Å². The van der Waals surface area contributed by atoms with Crippen LogP contribution >= 0.6 is 11.3 Å². The van der Waals surface area contributed by atoms with Gasteiger partial charge < -0.3 is 15.4 Å². The van der Waals surface area contributed by atoms with E-state index in [1.807, 2.05) is 25.2 Å². The summed E-state index contributed by atoms with van der Waals surface area (Å²) in [5, 5.41) is 8.72. The molecular weight excluding hydrogens is 334 g/mol. The van der Waals surface area contributed by atoms with Crippen molar-refractivity contribution in [2.75, 3.05) is 12.4 Å². The molecule has 1 amide bonds. The monoisotopic (exact) mass is 357 g/mol. The fourth-order valence-corrected chi connectivity index (χ4v) is 4.63. The zero-order chi connectivity index (χ0) is 17.3. The number of carbonyl (C=O) groups is 1. The lowest BCUT2D eigenvalue weighted by Crippen LogP contribution is -2.46. The Morgan fingerprint density at radius 1 is 1.28 bits per heavy atom. The van der Waals surface area contributed by atoms with Crippen molar-refractivity contribution in [1.29, 1.82) is 0 Å². The number of aromatic nitrogens is 1. The fourth-order valence-electron chi connectivity index (χ4n) is 3.97. The van der Waals surface area contributed by atoms with Gasteiger partial charge in [-0.15, -0.1) is 11.3 Å². The Hall–Kier alpha value is -2.08. The maximum Gasteiger partial charge on any atom is 0.271 e. The van der Waals surface area contributed by atoms with Gasteiger partial charge in [-0.25, -0.2) is 4.98 Å². The highest BCUT2D eigenvalue weighted by Crippen LogP contribution is 2.46. The van der Waals surface area contributed by atoms with Crippen molar-refractivity contribution in [3.8, 4) is 5.75 Å². The third kappa shape index (κ3) is 3.23. The van der Waals surface area contributed by atoms with Crippen LogP contribution < -0.4 is 15.4 Å². The number of para-hydroxylation sites is 1. The summed E-state index contributed by atoms with van der Waals surface area (Å²) < 4.78 is 6.42. The Bertz CT molecular complexity index is 768. The molecule has 1 aromatic carbocycles. The van der Waals surface area contributed by atoms with Crippen LogP contribution in [0.1, 0.15) is 60.6 Å². The molecule has 0 saturated heterocycles. The largest absolute Gasteiger partial charge is 0.487 e. The Morgan fingerprint density at radius 2 is 2.08 bits per heavy atom. The minimum absolute atomic E-state index is 0.0321. The van der Waals surface area contributed by atoms with Crippen LogP contribution in [0.25, 0.3) is 0 Å². The van der Waals surface area contributed by atoms with Crippen molar-refractivity contribution in [3.63, 3.8) is 0 Å². The third-order valence-electron chi connectivity index (χ3n) is 5.22. The van der Waals surface area contributed by atoms with Crippen molar-refractivity contribution in [3.05, 3.63) is 40.9 Å². The molecule has 1 atom stereocenters. The van der Waals surface area contributed by atoms with Gasteiger partial charge in [0.1, 0.15) is 17.0 Å². The van der Waals surface area contributed by atoms with Gasteiger partial charge >= 0.3 is 0 Å². The molecule has 25 heavy (non-hydrogen) atoms. The molecule has 1 aromatic heterocycles. The van der Waals surface area contributed by atoms with E-state index in [-0.39, 0.29) is 17.6 Å². The lowest BCUT2D eigenvalue weighted by molar-refractivity contribution is -0.00212. The first kappa shape index (κ1) is 16.4. The molecule has 2 N–H and O–H groups in total. The van der Waals surface area contributed by atoms with Gasteiger partial charge in [-0.1, -0.05) is 24.6 Å². The van der Waals surface area contributed by atoms with Gasteiger partial charge in [-0.05, 0) is 31.7 Å². The summed E-state index contributed by atoms with van der Waals surface area (Å²) in [5.74, 6) is 0.792. The lowest BCUT2D eigenvalue weighted by Gasteiger charge is -2.44. The van der Waals surface area contributed by atoms with Gasteiger partial charge in [0.2, 0.25) is 0 Å². The number of nitrogens with one attached hydrogen (secondary N) is 2. The molecule has 1 spiro atoms. The van der Waals surface area contributed by atoms with E-state index < -0.39 is 0 Å². The zero-order valence-electron chi connectivity index (χ0n) is 14.4. The molecule has 0 bridgehead atoms. The van der Waals surface area contributed by atoms with Crippen LogP contribution in [0.4, 0.5) is 5.13 Å². The van der Waals surface area contributed by atoms with Gasteiger partial charge in [-0.3, -0.25) is 4.79 Å². The molecule has 1 saturated carbocycles. The second kappa shape index (κ2) is 6.67. The molecule has 6 heteroatoms. The van der Waals surface area contributed by atoms with Crippen LogP contribution in [0.2, 0.25) is 0 Å². The van der Waals surface area contributed by atoms with Gasteiger partial charge in [0.15, 0.2) is 5.13 Å². The number of benzene rings is 1. The number of hydrogen-bond donors (Lipinski definition) is 2. The fraction of sp³-hybridized carbons (Fsp3) is 0.474. The predicted molar refractivity (Wildman–Crippen MR) is 99.4 cm³/mol. The number of ether oxygens (including phenoxy) is 1. The van der Waals surface area contributed by atoms with E-state index in [9.17, 15) is 4.79 Å². The molecule has 1 fully saturated rings. The number of carbonyl (C=O) groups excluding carboxylic acids is 1. The summed E-state index contributed by atoms with van der Waals surface area (Å²) in [5.41, 5.74) is 1.40. The maximum atomic E-state index is 12.7. The van der Waals surface area contributed by atoms with Crippen LogP contribution in [-0.2, 0) is 0 Å². The Kier molecular flexibility index (Phi) is 4.37. The van der Waals surface area contributed by atoms with E-state index >= 15 is 0 Å². The van der Waals surface area contributed by atoms with Gasteiger partial charge in [0.25, 0.3) is 5.91 Å². The number of rotatable bonds is 3. The average Bonchev–Trinajstić information content (AvgIpc) is 3.12. The van der Waals surface area contributed by atoms with Gasteiger partial charge in [-0.2, -0.15) is 0 Å². The van der Waals surface area contributed by atoms with Crippen LogP contribution in [-0.4, -0.2) is 23.5 Å². The minimum Gasteiger partial charge on any atom is -0.487 e. The van der Waals surface area contributed by atoms with E-state index in [4.69, 9.17) is 4.74 Å². The molecule has 1 unspecified atom stereocenters. The molecule has 2 aliphatic rings. The number of fused-ring (bicyclic) bond motifs is 1. The first-order valence-corrected chi connectivity index (χ1v) is 9.79. The Balaban J connectivity index is 1.59. The molecule has 5 nitrogen and oxygen atoms in total. The van der Waals surface area contributed by atoms with E-state index in [1.165, 1.54) is 30.6 Å². The number of amides is 1. The highest BCUT2D eigenvalue weighted by molar-refractivity contribution is 7.13. The molecule has 1 aliphatic carbocycles. The van der Waals surface area contributed by atoms with Crippen LogP contribution in [0.15, 0.2) is 29.6 Å². The van der Waals surface area contributed by atoms with Crippen molar-refractivity contribution in [1.82, 2.24) is 10.3 Å². The SMILES string of the molecule is CNc1nc(C(=O)NC2CC3(CCCCC3)Oc3ccccc32)cs1. The lowest BCUT2D eigenvalue weighted by atomic mass is 9.77. The molecule has 4 rings (SSSR count). The molecular formula is C19H23N3O2S. The van der Waals surface area contributed by atoms with Crippen molar-refractivity contribution in [2.24, 2.45) is 0 Å². The van der Waals surface area contributed by atoms with E-state index in [0.29, 0.717) is 5.69 Å². The summed E-state index contributed by atoms with van der Waals surface area (Å²) >= 11 is 1.44. The second-order valence-electron chi connectivity index (χ2n) is 6.90. The number of nitrogens with zero attached hydrogens (tertiary/aromatic N) is 1. The minimum atomic E-state index is -0.136. The van der Waals surface area contributed by atoms with Crippen LogP contribution in [0.3, 0.4) is 0 Å². The Labute approximate surface area is 151 Å². The third-order valence-corrected chi connectivity index (χ3v) is 6.08. The number of anilines is 1. The van der Waals surface area contributed by atoms with Crippen molar-refractivity contribution < 1.29 is 9.53 Å². The summed E-state index contributed by atoms with van der Waals surface area (Å²) in [7, 11) is 1.81. The molecule has 0 radical (unpaired) electrons. The average molecular weight is 357 g/mol. The predicted octanol–water partition coefficient (Wildman–Crippen LogP) is 4.14. The van der Waals surface area contributed by atoms with E-state index in [1.54, 1.807) is 5.38 Å². The highest BCUT2D eigenvalue weighted by Gasteiger charge is 2.42. The summed E-state index contributed by atoms with van der Waals surface area (Å²) in [4.78, 5) is 17.0. The number of thiazole rings is 1. The van der Waals surface area contributed by atoms with Crippen LogP contribution in [0, 0.1) is 0 Å². The number of hydrogen-bond acceptors (Lipinski definition) is 5. The molecule has 2 aromatic rings. The molecule has 1 aliphatic heterocycles.